The number of Topliss-reactive ketones (excluding diaryl/α,β-unsaturated/α-hetero) is 4. The third-order valence-corrected chi connectivity index (χ3v) is 21.0. The molecule has 0 atom stereocenters. The third-order valence-electron chi connectivity index (χ3n) is 15.9. The van der Waals surface area contributed by atoms with Gasteiger partial charge in [-0.05, 0) is 165 Å². The zero-order valence-electron chi connectivity index (χ0n) is 62.2. The van der Waals surface area contributed by atoms with Crippen molar-refractivity contribution in [3.8, 4) is 86.1 Å². The van der Waals surface area contributed by atoms with Crippen molar-refractivity contribution < 1.29 is 68.2 Å². The minimum absolute atomic E-state index is 0.0220. The van der Waals surface area contributed by atoms with Crippen LogP contribution in [0.2, 0.25) is 0 Å². The monoisotopic (exact) mass is 1510 g/mol. The fraction of sp³-hybridized carbons (Fsp3) is 0.259. The zero-order chi connectivity index (χ0) is 79.7. The molecular weight excluding hydrogens is 1430 g/mol. The summed E-state index contributed by atoms with van der Waals surface area (Å²) in [5.41, 5.74) is 11.2. The molecular formula is C85H85N5O15S3. The normalized spacial score (nSPS) is 11.5. The SMILES string of the molecule is CC(C)(C)CC(=O)CS(=O)(=O)c1cc(C#N)ccc1Oc1cccc(-c2ccc(C(N)=O)cc2)c1.CCC(=O)c1ccc(-c2cccc(Oc3ccc(C#N)cc3S(=O)(=O)CC(=O)CC(C)(C)C)c2)cc1.CN(C)C(=O)c1ccc(-c2cccc(Oc3ccc(C#N)cc3S(=O)(=O)CC(=O)CC(C)(C)C)c2)cc1. The standard InChI is InChI=1S/C29H30N2O5S.C29H29NO5S.C27H26N2O5S/c1-29(2,3)17-24(32)19-37(34,35)27-15-20(18-30)9-14-26(27)36-25-8-6-7-23(16-25)21-10-12-22(13-11-21)28(33)31(4)5;1-5-26(32)22-12-10-21(11-13-22)23-7-6-8-25(16-23)35-27-14-9-20(18-30)15-28(27)36(33,34)19-24(31)17-29(2,3)4;1-27(2,3)15-22(30)17-35(32,33)25-13-18(16-28)7-12-24(25)34-23-6-4-5-21(14-23)19-8-10-20(11-9-19)26(29)31/h6-16H,17,19H2,1-5H3;6-16H,5,17,19H2,1-4H3;4-14H,15,17H2,1-3H3,(H2,29,31). The van der Waals surface area contributed by atoms with Gasteiger partial charge in [0.05, 0.1) is 34.9 Å². The lowest BCUT2D eigenvalue weighted by molar-refractivity contribution is -0.119. The average molecular weight is 1510 g/mol. The molecule has 0 aliphatic carbocycles. The third kappa shape index (κ3) is 24.4. The lowest BCUT2D eigenvalue weighted by Gasteiger charge is -2.17. The summed E-state index contributed by atoms with van der Waals surface area (Å²) in [4.78, 5) is 73.6. The minimum atomic E-state index is -4.06. The van der Waals surface area contributed by atoms with Crippen molar-refractivity contribution in [2.24, 2.45) is 22.0 Å². The van der Waals surface area contributed by atoms with Crippen LogP contribution in [0.1, 0.15) is 143 Å². The van der Waals surface area contributed by atoms with Gasteiger partial charge in [0.25, 0.3) is 5.91 Å². The first kappa shape index (κ1) is 83.6. The molecule has 558 valence electrons. The molecule has 9 aromatic rings. The number of sulfone groups is 3. The van der Waals surface area contributed by atoms with Crippen LogP contribution >= 0.6 is 0 Å². The second-order valence-electron chi connectivity index (χ2n) is 29.4. The van der Waals surface area contributed by atoms with Gasteiger partial charge in [0.2, 0.25) is 5.91 Å². The van der Waals surface area contributed by atoms with E-state index in [9.17, 15) is 69.8 Å². The van der Waals surface area contributed by atoms with E-state index >= 15 is 0 Å². The summed E-state index contributed by atoms with van der Waals surface area (Å²) in [5.74, 6) is -2.56. The number of hydrogen-bond acceptors (Lipinski definition) is 18. The molecule has 108 heavy (non-hydrogen) atoms. The highest BCUT2D eigenvalue weighted by atomic mass is 32.2. The molecule has 0 bridgehead atoms. The summed E-state index contributed by atoms with van der Waals surface area (Å²) in [5, 5.41) is 27.9. The van der Waals surface area contributed by atoms with Crippen molar-refractivity contribution in [1.29, 1.82) is 15.8 Å². The Kier molecular flexibility index (Phi) is 27.6. The number of amides is 2. The van der Waals surface area contributed by atoms with E-state index in [2.05, 4.69) is 0 Å². The van der Waals surface area contributed by atoms with E-state index in [1.807, 2.05) is 130 Å². The molecule has 0 spiro atoms. The van der Waals surface area contributed by atoms with Gasteiger partial charge < -0.3 is 24.8 Å². The Morgan fingerprint density at radius 1 is 0.380 bits per heavy atom. The predicted molar refractivity (Wildman–Crippen MR) is 414 cm³/mol. The molecule has 0 saturated carbocycles. The number of nitrogens with two attached hydrogens (primary N) is 1. The maximum atomic E-state index is 13.2. The van der Waals surface area contributed by atoms with Crippen molar-refractivity contribution in [1.82, 2.24) is 4.90 Å². The number of hydrogen-bond donors (Lipinski definition) is 1. The molecule has 20 nitrogen and oxygen atoms in total. The van der Waals surface area contributed by atoms with E-state index in [1.165, 1.54) is 59.5 Å². The summed E-state index contributed by atoms with van der Waals surface area (Å²) >= 11 is 0. The highest BCUT2D eigenvalue weighted by Gasteiger charge is 2.31. The molecule has 0 radical (unpaired) electrons. The van der Waals surface area contributed by atoms with E-state index in [-0.39, 0.29) is 95.8 Å². The number of carbonyl (C=O) groups excluding carboxylic acids is 6. The van der Waals surface area contributed by atoms with Gasteiger partial charge in [0.1, 0.15) is 83.8 Å². The lowest BCUT2D eigenvalue weighted by Crippen LogP contribution is -2.21. The van der Waals surface area contributed by atoms with E-state index in [0.29, 0.717) is 40.4 Å². The first-order chi connectivity index (χ1) is 50.6. The zero-order valence-corrected chi connectivity index (χ0v) is 64.7. The van der Waals surface area contributed by atoms with Crippen molar-refractivity contribution in [2.45, 2.75) is 110 Å². The van der Waals surface area contributed by atoms with Crippen molar-refractivity contribution in [2.75, 3.05) is 31.4 Å². The molecule has 0 saturated heterocycles. The van der Waals surface area contributed by atoms with Gasteiger partial charge in [0, 0.05) is 56.5 Å². The molecule has 9 rings (SSSR count). The van der Waals surface area contributed by atoms with Gasteiger partial charge in [0.15, 0.2) is 35.3 Å². The summed E-state index contributed by atoms with van der Waals surface area (Å²) in [6.45, 7) is 18.6. The van der Waals surface area contributed by atoms with Crippen molar-refractivity contribution >= 4 is 64.5 Å². The van der Waals surface area contributed by atoms with Gasteiger partial charge >= 0.3 is 0 Å². The van der Waals surface area contributed by atoms with Gasteiger partial charge in [-0.3, -0.25) is 28.8 Å². The summed E-state index contributed by atoms with van der Waals surface area (Å²) in [7, 11) is -8.79. The first-order valence-electron chi connectivity index (χ1n) is 34.1. The lowest BCUT2D eigenvalue weighted by atomic mass is 9.90. The van der Waals surface area contributed by atoms with Crippen LogP contribution in [0.15, 0.2) is 215 Å². The van der Waals surface area contributed by atoms with Crippen LogP contribution in [0.3, 0.4) is 0 Å². The average Bonchev–Trinajstić information content (AvgIpc) is 0.803. The molecule has 2 amide bonds. The quantitative estimate of drug-likeness (QED) is 0.0519. The Bertz CT molecular complexity index is 5360. The summed E-state index contributed by atoms with van der Waals surface area (Å²) in [6.07, 6.45) is 0.768. The van der Waals surface area contributed by atoms with Crippen LogP contribution in [0.25, 0.3) is 33.4 Å². The summed E-state index contributed by atoms with van der Waals surface area (Å²) in [6, 6.07) is 60.4. The predicted octanol–water partition coefficient (Wildman–Crippen LogP) is 16.8. The molecule has 0 heterocycles. The molecule has 0 fully saturated rings. The molecule has 23 heteroatoms. The number of ether oxygens (including phenoxy) is 3. The van der Waals surface area contributed by atoms with Gasteiger partial charge in [-0.15, -0.1) is 0 Å². The van der Waals surface area contributed by atoms with E-state index in [1.54, 1.807) is 117 Å². The fourth-order valence-corrected chi connectivity index (χ4v) is 15.3. The van der Waals surface area contributed by atoms with Crippen LogP contribution in [-0.4, -0.2) is 96.5 Å². The van der Waals surface area contributed by atoms with Crippen molar-refractivity contribution in [3.63, 3.8) is 0 Å². The van der Waals surface area contributed by atoms with Gasteiger partial charge in [-0.25, -0.2) is 25.3 Å². The molecule has 0 aliphatic rings. The maximum Gasteiger partial charge on any atom is 0.253 e. The Hall–Kier alpha value is -11.7. The number of carbonyl (C=O) groups is 6. The van der Waals surface area contributed by atoms with E-state index in [0.717, 1.165) is 33.4 Å². The van der Waals surface area contributed by atoms with Gasteiger partial charge in [-0.2, -0.15) is 15.8 Å². The molecule has 0 aliphatic heterocycles. The summed E-state index contributed by atoms with van der Waals surface area (Å²) < 4.78 is 96.9. The van der Waals surface area contributed by atoms with Gasteiger partial charge in [-0.1, -0.05) is 154 Å². The second-order valence-corrected chi connectivity index (χ2v) is 35.3. The Morgan fingerprint density at radius 2 is 0.657 bits per heavy atom. The Morgan fingerprint density at radius 3 is 0.907 bits per heavy atom. The molecule has 0 aromatic heterocycles. The smallest absolute Gasteiger partial charge is 0.253 e. The molecule has 9 aromatic carbocycles. The van der Waals surface area contributed by atoms with Crippen LogP contribution in [0.4, 0.5) is 0 Å². The number of nitrogens with zero attached hydrogens (tertiary/aromatic N) is 4. The number of primary amides is 1. The molecule has 2 N–H and O–H groups in total. The number of ketones is 4. The topological polar surface area (TPSA) is 333 Å². The molecule has 0 unspecified atom stereocenters. The number of nitriles is 3. The van der Waals surface area contributed by atoms with Crippen LogP contribution in [-0.2, 0) is 43.9 Å². The van der Waals surface area contributed by atoms with Crippen molar-refractivity contribution in [3.05, 3.63) is 234 Å². The first-order valence-corrected chi connectivity index (χ1v) is 39.1. The maximum absolute atomic E-state index is 13.2. The number of benzene rings is 9. The van der Waals surface area contributed by atoms with E-state index in [4.69, 9.17) is 19.9 Å². The number of rotatable bonds is 25. The van der Waals surface area contributed by atoms with Crippen LogP contribution in [0, 0.1) is 50.2 Å². The van der Waals surface area contributed by atoms with Crippen LogP contribution in [0.5, 0.6) is 34.5 Å². The minimum Gasteiger partial charge on any atom is -0.456 e. The van der Waals surface area contributed by atoms with Crippen LogP contribution < -0.4 is 19.9 Å². The second kappa shape index (κ2) is 35.6. The highest BCUT2D eigenvalue weighted by molar-refractivity contribution is 7.92. The van der Waals surface area contributed by atoms with E-state index < -0.39 is 70.0 Å². The Labute approximate surface area is 632 Å². The highest BCUT2D eigenvalue weighted by Crippen LogP contribution is 2.38. The fourth-order valence-electron chi connectivity index (χ4n) is 11.1. The largest absolute Gasteiger partial charge is 0.456 e. The Balaban J connectivity index is 0.000000226.